The Morgan fingerprint density at radius 1 is 1.33 bits per heavy atom. The van der Waals surface area contributed by atoms with E-state index in [-0.39, 0.29) is 29.4 Å². The summed E-state index contributed by atoms with van der Waals surface area (Å²) in [7, 11) is 1.92. The first-order valence-electron chi connectivity index (χ1n) is 8.02. The number of nitrogens with zero attached hydrogens (tertiary/aromatic N) is 2. The van der Waals surface area contributed by atoms with Gasteiger partial charge in [0.15, 0.2) is 5.96 Å². The molecule has 0 aliphatic heterocycles. The molecule has 0 amide bonds. The fourth-order valence-corrected chi connectivity index (χ4v) is 3.16. The van der Waals surface area contributed by atoms with Crippen LogP contribution in [0.3, 0.4) is 0 Å². The first kappa shape index (κ1) is 19.3. The van der Waals surface area contributed by atoms with E-state index in [4.69, 9.17) is 5.73 Å². The van der Waals surface area contributed by atoms with Crippen molar-refractivity contribution in [3.8, 4) is 0 Å². The maximum Gasteiger partial charge on any atom is 0.416 e. The first-order chi connectivity index (χ1) is 10.8. The van der Waals surface area contributed by atoms with Gasteiger partial charge in [-0.3, -0.25) is 4.99 Å². The molecule has 0 saturated heterocycles. The van der Waals surface area contributed by atoms with Crippen molar-refractivity contribution in [3.63, 3.8) is 0 Å². The van der Waals surface area contributed by atoms with E-state index in [0.717, 1.165) is 43.7 Å². The average Bonchev–Trinajstić information content (AvgIpc) is 3.29. The SMILES string of the molecule is CN(C(N)=NCC1(c2cccc(C(F)(F)F)c2)CCC1)C1CC1.I. The van der Waals surface area contributed by atoms with E-state index in [1.165, 1.54) is 12.1 Å². The molecule has 24 heavy (non-hydrogen) atoms. The van der Waals surface area contributed by atoms with Crippen molar-refractivity contribution < 1.29 is 13.2 Å². The summed E-state index contributed by atoms with van der Waals surface area (Å²) >= 11 is 0. The summed E-state index contributed by atoms with van der Waals surface area (Å²) in [5, 5.41) is 0. The molecule has 0 radical (unpaired) electrons. The van der Waals surface area contributed by atoms with Crippen molar-refractivity contribution in [1.29, 1.82) is 0 Å². The van der Waals surface area contributed by atoms with Crippen molar-refractivity contribution >= 4 is 29.9 Å². The van der Waals surface area contributed by atoms with Gasteiger partial charge in [-0.1, -0.05) is 24.6 Å². The molecule has 2 fully saturated rings. The van der Waals surface area contributed by atoms with Gasteiger partial charge in [0.1, 0.15) is 0 Å². The highest BCUT2D eigenvalue weighted by Gasteiger charge is 2.40. The highest BCUT2D eigenvalue weighted by atomic mass is 127. The smallest absolute Gasteiger partial charge is 0.370 e. The summed E-state index contributed by atoms with van der Waals surface area (Å²) < 4.78 is 38.8. The molecule has 2 saturated carbocycles. The summed E-state index contributed by atoms with van der Waals surface area (Å²) in [6, 6.07) is 6.14. The van der Waals surface area contributed by atoms with Crippen molar-refractivity contribution in [1.82, 2.24) is 4.90 Å². The van der Waals surface area contributed by atoms with Gasteiger partial charge in [-0.2, -0.15) is 13.2 Å². The minimum Gasteiger partial charge on any atom is -0.370 e. The van der Waals surface area contributed by atoms with E-state index < -0.39 is 11.7 Å². The molecule has 134 valence electrons. The van der Waals surface area contributed by atoms with Crippen LogP contribution in [0.25, 0.3) is 0 Å². The van der Waals surface area contributed by atoms with E-state index in [9.17, 15) is 13.2 Å². The minimum absolute atomic E-state index is 0. The molecule has 0 unspecified atom stereocenters. The highest BCUT2D eigenvalue weighted by molar-refractivity contribution is 14.0. The Bertz CT molecular complexity index is 607. The van der Waals surface area contributed by atoms with Crippen LogP contribution in [0.4, 0.5) is 13.2 Å². The zero-order valence-electron chi connectivity index (χ0n) is 13.6. The summed E-state index contributed by atoms with van der Waals surface area (Å²) in [6.07, 6.45) is 0.688. The maximum atomic E-state index is 12.9. The molecule has 0 aromatic heterocycles. The Hall–Kier alpha value is -0.990. The van der Waals surface area contributed by atoms with Crippen LogP contribution in [0.15, 0.2) is 29.3 Å². The molecule has 3 rings (SSSR count). The molecule has 3 nitrogen and oxygen atoms in total. The molecule has 7 heteroatoms. The van der Waals surface area contributed by atoms with Crippen LogP contribution in [0.1, 0.15) is 43.2 Å². The Morgan fingerprint density at radius 2 is 2.00 bits per heavy atom. The Labute approximate surface area is 157 Å². The number of nitrogens with two attached hydrogens (primary N) is 1. The van der Waals surface area contributed by atoms with Gasteiger partial charge in [-0.25, -0.2) is 0 Å². The molecule has 0 bridgehead atoms. The molecular formula is C17H23F3IN3. The standard InChI is InChI=1S/C17H22F3N3.HI/c1-23(14-6-7-14)15(21)22-11-16(8-3-9-16)12-4-2-5-13(10-12)17(18,19)20;/h2,4-5,10,14H,3,6-9,11H2,1H3,(H2,21,22);1H. The predicted octanol–water partition coefficient (Wildman–Crippen LogP) is 4.15. The Kier molecular flexibility index (Phi) is 5.71. The molecule has 2 aliphatic rings. The van der Waals surface area contributed by atoms with Crippen LogP contribution >= 0.6 is 24.0 Å². The minimum atomic E-state index is -4.31. The summed E-state index contributed by atoms with van der Waals surface area (Å²) in [5.41, 5.74) is 5.86. The molecule has 1 aromatic carbocycles. The summed E-state index contributed by atoms with van der Waals surface area (Å²) in [5.74, 6) is 0.491. The van der Waals surface area contributed by atoms with E-state index in [1.54, 1.807) is 6.07 Å². The fraction of sp³-hybridized carbons (Fsp3) is 0.588. The number of hydrogen-bond donors (Lipinski definition) is 1. The first-order valence-corrected chi connectivity index (χ1v) is 8.02. The van der Waals surface area contributed by atoms with E-state index in [2.05, 4.69) is 4.99 Å². The Balaban J connectivity index is 0.00000208. The lowest BCUT2D eigenvalue weighted by Crippen LogP contribution is -2.41. The summed E-state index contributed by atoms with van der Waals surface area (Å²) in [6.45, 7) is 0.456. The number of guanidine groups is 1. The zero-order valence-corrected chi connectivity index (χ0v) is 16.0. The number of halogens is 4. The zero-order chi connectivity index (χ0) is 16.7. The molecule has 0 atom stereocenters. The second-order valence-corrected chi connectivity index (χ2v) is 6.73. The third kappa shape index (κ3) is 3.97. The van der Waals surface area contributed by atoms with Gasteiger partial charge in [-0.05, 0) is 37.3 Å². The van der Waals surface area contributed by atoms with Gasteiger partial charge in [0.2, 0.25) is 0 Å². The average molecular weight is 453 g/mol. The quantitative estimate of drug-likeness (QED) is 0.423. The van der Waals surface area contributed by atoms with Gasteiger partial charge < -0.3 is 10.6 Å². The number of hydrogen-bond acceptors (Lipinski definition) is 1. The van der Waals surface area contributed by atoms with Crippen LogP contribution in [0.5, 0.6) is 0 Å². The lowest BCUT2D eigenvalue weighted by molar-refractivity contribution is -0.137. The van der Waals surface area contributed by atoms with Gasteiger partial charge in [0.25, 0.3) is 0 Å². The normalized spacial score (nSPS) is 20.1. The summed E-state index contributed by atoms with van der Waals surface area (Å²) in [4.78, 5) is 6.46. The third-order valence-electron chi connectivity index (χ3n) is 5.11. The van der Waals surface area contributed by atoms with Crippen molar-refractivity contribution in [3.05, 3.63) is 35.4 Å². The van der Waals surface area contributed by atoms with Gasteiger partial charge in [0.05, 0.1) is 12.1 Å². The second-order valence-electron chi connectivity index (χ2n) is 6.73. The van der Waals surface area contributed by atoms with Crippen LogP contribution in [-0.2, 0) is 11.6 Å². The molecule has 2 aliphatic carbocycles. The number of rotatable bonds is 4. The Morgan fingerprint density at radius 3 is 2.50 bits per heavy atom. The highest BCUT2D eigenvalue weighted by Crippen LogP contribution is 2.45. The lowest BCUT2D eigenvalue weighted by atomic mass is 9.64. The molecule has 1 aromatic rings. The second kappa shape index (κ2) is 7.09. The molecule has 0 spiro atoms. The van der Waals surface area contributed by atoms with Crippen LogP contribution in [-0.4, -0.2) is 30.5 Å². The topological polar surface area (TPSA) is 41.6 Å². The van der Waals surface area contributed by atoms with Crippen molar-refractivity contribution in [2.75, 3.05) is 13.6 Å². The molecular weight excluding hydrogens is 430 g/mol. The predicted molar refractivity (Wildman–Crippen MR) is 99.7 cm³/mol. The molecule has 2 N–H and O–H groups in total. The molecule has 0 heterocycles. The van der Waals surface area contributed by atoms with Gasteiger partial charge >= 0.3 is 6.18 Å². The van der Waals surface area contributed by atoms with Crippen molar-refractivity contribution in [2.24, 2.45) is 10.7 Å². The van der Waals surface area contributed by atoms with Gasteiger partial charge in [-0.15, -0.1) is 24.0 Å². The maximum absolute atomic E-state index is 12.9. The van der Waals surface area contributed by atoms with Gasteiger partial charge in [0, 0.05) is 18.5 Å². The largest absolute Gasteiger partial charge is 0.416 e. The van der Waals surface area contributed by atoms with Crippen LogP contribution in [0.2, 0.25) is 0 Å². The van der Waals surface area contributed by atoms with E-state index >= 15 is 0 Å². The monoisotopic (exact) mass is 453 g/mol. The number of alkyl halides is 3. The lowest BCUT2D eigenvalue weighted by Gasteiger charge is -2.41. The van der Waals surface area contributed by atoms with E-state index in [1.807, 2.05) is 11.9 Å². The number of benzene rings is 1. The third-order valence-corrected chi connectivity index (χ3v) is 5.11. The number of aliphatic imine (C=N–C) groups is 1. The van der Waals surface area contributed by atoms with Crippen molar-refractivity contribution in [2.45, 2.75) is 49.7 Å². The fourth-order valence-electron chi connectivity index (χ4n) is 3.16. The van der Waals surface area contributed by atoms with Crippen LogP contribution < -0.4 is 5.73 Å². The van der Waals surface area contributed by atoms with Crippen LogP contribution in [0, 0.1) is 0 Å². The van der Waals surface area contributed by atoms with E-state index in [0.29, 0.717) is 18.5 Å².